The highest BCUT2D eigenvalue weighted by Crippen LogP contribution is 2.33. The predicted octanol–water partition coefficient (Wildman–Crippen LogP) is 0.628. The maximum Gasteiger partial charge on any atom is 0.326 e. The topological polar surface area (TPSA) is 110 Å². The van der Waals surface area contributed by atoms with Crippen molar-refractivity contribution in [1.29, 1.82) is 0 Å². The van der Waals surface area contributed by atoms with Crippen molar-refractivity contribution in [1.82, 2.24) is 25.3 Å². The molecule has 0 atom stereocenters. The summed E-state index contributed by atoms with van der Waals surface area (Å²) in [5, 5.41) is 38.4. The van der Waals surface area contributed by atoms with Crippen molar-refractivity contribution in [2.75, 3.05) is 0 Å². The zero-order valence-corrected chi connectivity index (χ0v) is 12.9. The molecule has 2 aromatic heterocycles. The molecule has 10 heteroatoms. The molecule has 0 aliphatic carbocycles. The Labute approximate surface area is 139 Å². The van der Waals surface area contributed by atoms with Crippen LogP contribution in [0, 0.1) is 10.4 Å². The van der Waals surface area contributed by atoms with Crippen molar-refractivity contribution in [3.05, 3.63) is 65.3 Å². The van der Waals surface area contributed by atoms with E-state index < -0.39 is 0 Å². The number of rotatable bonds is 3. The fourth-order valence-electron chi connectivity index (χ4n) is 2.20. The molecule has 2 aromatic carbocycles. The van der Waals surface area contributed by atoms with E-state index in [2.05, 4.69) is 20.5 Å². The van der Waals surface area contributed by atoms with Crippen LogP contribution < -0.4 is 9.80 Å². The van der Waals surface area contributed by atoms with Gasteiger partial charge in [0.25, 0.3) is 5.52 Å². The van der Waals surface area contributed by atoms with E-state index in [1.165, 1.54) is 16.6 Å². The van der Waals surface area contributed by atoms with Gasteiger partial charge in [-0.3, -0.25) is 0 Å². The second-order valence-corrected chi connectivity index (χ2v) is 5.87. The Kier molecular flexibility index (Phi) is 3.43. The van der Waals surface area contributed by atoms with Gasteiger partial charge < -0.3 is 10.4 Å². The first-order valence-corrected chi connectivity index (χ1v) is 7.68. The molecule has 0 aliphatic heterocycles. The van der Waals surface area contributed by atoms with Gasteiger partial charge in [-0.25, -0.2) is 0 Å². The lowest BCUT2D eigenvalue weighted by molar-refractivity contribution is -0.863. The summed E-state index contributed by atoms with van der Waals surface area (Å²) in [7, 11) is 0. The zero-order chi connectivity index (χ0) is 16.5. The van der Waals surface area contributed by atoms with Crippen LogP contribution in [0.25, 0.3) is 16.7 Å². The van der Waals surface area contributed by atoms with Gasteiger partial charge in [0.2, 0.25) is 5.52 Å². The lowest BCUT2D eigenvalue weighted by Gasteiger charge is -2.08. The molecule has 0 N–H and O–H groups in total. The van der Waals surface area contributed by atoms with E-state index in [4.69, 9.17) is 0 Å². The van der Waals surface area contributed by atoms with Crippen LogP contribution in [0.1, 0.15) is 0 Å². The third kappa shape index (κ3) is 2.58. The van der Waals surface area contributed by atoms with Crippen molar-refractivity contribution in [2.45, 2.75) is 9.79 Å². The molecule has 0 bridgehead atoms. The average Bonchev–Trinajstić information content (AvgIpc) is 3.10. The molecule has 0 saturated heterocycles. The minimum atomic E-state index is -0.0142. The van der Waals surface area contributed by atoms with Gasteiger partial charge >= 0.3 is 5.21 Å². The Morgan fingerprint density at radius 1 is 1.00 bits per heavy atom. The summed E-state index contributed by atoms with van der Waals surface area (Å²) in [5.74, 6) is 0. The number of aromatic nitrogens is 7. The lowest BCUT2D eigenvalue weighted by Crippen LogP contribution is -2.50. The van der Waals surface area contributed by atoms with Crippen molar-refractivity contribution >= 4 is 22.8 Å². The quantitative estimate of drug-likeness (QED) is 0.397. The molecule has 0 amide bonds. The van der Waals surface area contributed by atoms with E-state index in [0.717, 1.165) is 9.79 Å². The molecular weight excluding hydrogens is 330 g/mol. The van der Waals surface area contributed by atoms with Gasteiger partial charge in [0.15, 0.2) is 0 Å². The Morgan fingerprint density at radius 3 is 2.50 bits per heavy atom. The van der Waals surface area contributed by atoms with E-state index in [-0.39, 0.29) is 20.8 Å². The molecule has 118 valence electrons. The first-order valence-electron chi connectivity index (χ1n) is 6.86. The molecule has 2 heterocycles. The summed E-state index contributed by atoms with van der Waals surface area (Å²) in [6, 6.07) is 12.9. The average molecular weight is 339 g/mol. The largest absolute Gasteiger partial charge is 0.590 e. The van der Waals surface area contributed by atoms with E-state index in [1.54, 1.807) is 24.5 Å². The molecule has 0 fully saturated rings. The van der Waals surface area contributed by atoms with Gasteiger partial charge in [0, 0.05) is 26.8 Å². The fourth-order valence-corrected chi connectivity index (χ4v) is 3.17. The SMILES string of the molecule is [O-][n+]1nc2cc(-n3nccn3)c(Sc3ccccc3)cc2[n+]([O-])n1. The van der Waals surface area contributed by atoms with Crippen molar-refractivity contribution < 1.29 is 9.80 Å². The summed E-state index contributed by atoms with van der Waals surface area (Å²) < 4.78 is 0. The standard InChI is InChI=1S/C14H9N7O2S/c22-20-12-9-14(24-10-4-2-1-3-5-10)13(19-15-6-7-16-19)8-11(12)17-21(23)18-20/h1-9H. The van der Waals surface area contributed by atoms with Crippen molar-refractivity contribution in [3.8, 4) is 5.69 Å². The molecule has 0 spiro atoms. The smallest absolute Gasteiger partial charge is 0.326 e. The molecule has 24 heavy (non-hydrogen) atoms. The van der Waals surface area contributed by atoms with Crippen LogP contribution in [0.4, 0.5) is 0 Å². The van der Waals surface area contributed by atoms with Gasteiger partial charge in [0.05, 0.1) is 17.5 Å². The van der Waals surface area contributed by atoms with Crippen molar-refractivity contribution in [2.24, 2.45) is 0 Å². The van der Waals surface area contributed by atoms with Crippen LogP contribution in [0.3, 0.4) is 0 Å². The lowest BCUT2D eigenvalue weighted by atomic mass is 10.3. The highest BCUT2D eigenvalue weighted by molar-refractivity contribution is 7.99. The zero-order valence-electron chi connectivity index (χ0n) is 12.1. The summed E-state index contributed by atoms with van der Waals surface area (Å²) in [4.78, 5) is 3.38. The summed E-state index contributed by atoms with van der Waals surface area (Å²) in [5.41, 5.74) is 1.01. The third-order valence-electron chi connectivity index (χ3n) is 3.22. The van der Waals surface area contributed by atoms with Crippen LogP contribution >= 0.6 is 11.8 Å². The first kappa shape index (κ1) is 14.3. The van der Waals surface area contributed by atoms with Crippen LogP contribution in [0.2, 0.25) is 0 Å². The Bertz CT molecular complexity index is 1010. The van der Waals surface area contributed by atoms with Crippen LogP contribution in [-0.4, -0.2) is 25.3 Å². The maximum atomic E-state index is 11.9. The molecule has 4 aromatic rings. The Balaban J connectivity index is 1.93. The molecule has 9 nitrogen and oxygen atoms in total. The number of nitrogens with zero attached hydrogens (tertiary/aromatic N) is 7. The number of hydrogen-bond donors (Lipinski definition) is 0. The van der Waals surface area contributed by atoms with E-state index in [9.17, 15) is 10.4 Å². The van der Waals surface area contributed by atoms with E-state index in [1.807, 2.05) is 30.3 Å². The summed E-state index contributed by atoms with van der Waals surface area (Å²) in [6.07, 6.45) is 3.09. The van der Waals surface area contributed by atoms with Gasteiger partial charge in [0.1, 0.15) is 10.6 Å². The molecule has 4 rings (SSSR count). The first-order chi connectivity index (χ1) is 11.7. The van der Waals surface area contributed by atoms with Gasteiger partial charge in [-0.15, -0.1) is 0 Å². The minimum absolute atomic E-state index is 0.0142. The molecular formula is C14H9N7O2S. The Hall–Kier alpha value is -3.27. The summed E-state index contributed by atoms with van der Waals surface area (Å²) >= 11 is 1.45. The van der Waals surface area contributed by atoms with Crippen LogP contribution in [0.15, 0.2) is 64.6 Å². The molecule has 0 aliphatic rings. The minimum Gasteiger partial charge on any atom is -0.590 e. The second-order valence-electron chi connectivity index (χ2n) is 4.76. The molecule has 0 saturated carbocycles. The highest BCUT2D eigenvalue weighted by Gasteiger charge is 2.19. The van der Waals surface area contributed by atoms with Crippen LogP contribution in [0.5, 0.6) is 0 Å². The van der Waals surface area contributed by atoms with Crippen LogP contribution in [-0.2, 0) is 0 Å². The van der Waals surface area contributed by atoms with Gasteiger partial charge in [-0.05, 0) is 12.1 Å². The fraction of sp³-hybridized carbons (Fsp3) is 0. The number of benzene rings is 2. The number of fused-ring (bicyclic) bond motifs is 1. The highest BCUT2D eigenvalue weighted by atomic mass is 32.2. The normalized spacial score (nSPS) is 11.0. The predicted molar refractivity (Wildman–Crippen MR) is 82.9 cm³/mol. The Morgan fingerprint density at radius 2 is 1.75 bits per heavy atom. The third-order valence-corrected chi connectivity index (χ3v) is 4.27. The monoisotopic (exact) mass is 339 g/mol. The van der Waals surface area contributed by atoms with Gasteiger partial charge in [-0.2, -0.15) is 15.0 Å². The van der Waals surface area contributed by atoms with E-state index >= 15 is 0 Å². The number of hydrogen-bond acceptors (Lipinski definition) is 7. The van der Waals surface area contributed by atoms with Crippen molar-refractivity contribution in [3.63, 3.8) is 0 Å². The second kappa shape index (κ2) is 5.74. The van der Waals surface area contributed by atoms with E-state index in [0.29, 0.717) is 5.69 Å². The maximum absolute atomic E-state index is 11.9. The molecule has 0 radical (unpaired) electrons. The summed E-state index contributed by atoms with van der Waals surface area (Å²) in [6.45, 7) is 0. The van der Waals surface area contributed by atoms with Gasteiger partial charge in [-0.1, -0.05) is 30.0 Å². The molecule has 0 unspecified atom stereocenters.